The third-order valence-corrected chi connectivity index (χ3v) is 5.44. The summed E-state index contributed by atoms with van der Waals surface area (Å²) >= 11 is 0.866. The van der Waals surface area contributed by atoms with Gasteiger partial charge in [-0.1, -0.05) is 20.3 Å². The number of hydrogen-bond acceptors (Lipinski definition) is 7. The molecule has 2 N–H and O–H groups in total. The molecule has 126 valence electrons. The Hall–Kier alpha value is -1.94. The monoisotopic (exact) mass is 358 g/mol. The number of esters is 1. The molecule has 0 radical (unpaired) electrons. The molecule has 10 heteroatoms. The Labute approximate surface area is 138 Å². The topological polar surface area (TPSA) is 114 Å². The predicted molar refractivity (Wildman–Crippen MR) is 86.2 cm³/mol. The second-order valence-electron chi connectivity index (χ2n) is 5.02. The van der Waals surface area contributed by atoms with E-state index in [1.807, 2.05) is 6.92 Å². The lowest BCUT2D eigenvalue weighted by atomic mass is 10.0. The van der Waals surface area contributed by atoms with Crippen molar-refractivity contribution in [3.05, 3.63) is 22.8 Å². The SMILES string of the molecule is CCCC(C)c1cc(NS(=O)(=O)c2csnc2C(=O)OC)n[nH]1. The minimum Gasteiger partial charge on any atom is -0.464 e. The van der Waals surface area contributed by atoms with Crippen LogP contribution in [-0.4, -0.2) is 36.1 Å². The summed E-state index contributed by atoms with van der Waals surface area (Å²) in [7, 11) is -2.80. The average Bonchev–Trinajstić information content (AvgIpc) is 3.15. The molecule has 0 aliphatic heterocycles. The fourth-order valence-electron chi connectivity index (χ4n) is 2.08. The summed E-state index contributed by atoms with van der Waals surface area (Å²) in [5, 5.41) is 8.07. The van der Waals surface area contributed by atoms with Crippen LogP contribution < -0.4 is 4.72 Å². The number of carbonyl (C=O) groups is 1. The van der Waals surface area contributed by atoms with E-state index in [1.165, 1.54) is 12.5 Å². The van der Waals surface area contributed by atoms with Gasteiger partial charge in [-0.25, -0.2) is 13.2 Å². The van der Waals surface area contributed by atoms with Crippen molar-refractivity contribution in [1.29, 1.82) is 0 Å². The molecule has 1 unspecified atom stereocenters. The number of nitrogens with zero attached hydrogens (tertiary/aromatic N) is 2. The van der Waals surface area contributed by atoms with Crippen LogP contribution in [0.5, 0.6) is 0 Å². The number of carbonyl (C=O) groups excluding carboxylic acids is 1. The normalized spacial score (nSPS) is 12.8. The fraction of sp³-hybridized carbons (Fsp3) is 0.462. The number of nitrogens with one attached hydrogen (secondary N) is 2. The minimum absolute atomic E-state index is 0.171. The lowest BCUT2D eigenvalue weighted by Gasteiger charge is -2.06. The summed E-state index contributed by atoms with van der Waals surface area (Å²) in [4.78, 5) is 11.3. The van der Waals surface area contributed by atoms with E-state index in [-0.39, 0.29) is 22.3 Å². The van der Waals surface area contributed by atoms with Crippen molar-refractivity contribution in [1.82, 2.24) is 14.6 Å². The summed E-state index contributed by atoms with van der Waals surface area (Å²) in [6, 6.07) is 1.65. The Morgan fingerprint density at radius 3 is 2.91 bits per heavy atom. The highest BCUT2D eigenvalue weighted by molar-refractivity contribution is 7.92. The van der Waals surface area contributed by atoms with Crippen LogP contribution in [0.1, 0.15) is 48.8 Å². The summed E-state index contributed by atoms with van der Waals surface area (Å²) in [6.45, 7) is 4.11. The molecule has 0 aromatic carbocycles. The van der Waals surface area contributed by atoms with Gasteiger partial charge in [-0.15, -0.1) is 0 Å². The second-order valence-corrected chi connectivity index (χ2v) is 7.30. The first-order chi connectivity index (χ1) is 10.9. The Bertz CT molecular complexity index is 782. The Kier molecular flexibility index (Phi) is 5.37. The van der Waals surface area contributed by atoms with Gasteiger partial charge in [0.2, 0.25) is 0 Å². The zero-order valence-corrected chi connectivity index (χ0v) is 14.6. The largest absolute Gasteiger partial charge is 0.464 e. The maximum absolute atomic E-state index is 12.4. The van der Waals surface area contributed by atoms with Gasteiger partial charge in [-0.2, -0.15) is 9.47 Å². The molecule has 0 bridgehead atoms. The molecule has 0 amide bonds. The smallest absolute Gasteiger partial charge is 0.359 e. The molecule has 8 nitrogen and oxygen atoms in total. The lowest BCUT2D eigenvalue weighted by Crippen LogP contribution is -2.16. The zero-order valence-electron chi connectivity index (χ0n) is 13.0. The number of hydrogen-bond donors (Lipinski definition) is 2. The van der Waals surface area contributed by atoms with Gasteiger partial charge < -0.3 is 4.74 Å². The Morgan fingerprint density at radius 2 is 2.26 bits per heavy atom. The molecule has 2 aromatic rings. The molecule has 23 heavy (non-hydrogen) atoms. The van der Waals surface area contributed by atoms with Crippen LogP contribution in [0.25, 0.3) is 0 Å². The molecule has 2 heterocycles. The maximum atomic E-state index is 12.4. The number of aromatic amines is 1. The van der Waals surface area contributed by atoms with Crippen molar-refractivity contribution in [3.8, 4) is 0 Å². The van der Waals surface area contributed by atoms with E-state index in [0.29, 0.717) is 0 Å². The molecule has 0 saturated heterocycles. The quantitative estimate of drug-likeness (QED) is 0.734. The van der Waals surface area contributed by atoms with Gasteiger partial charge in [0.15, 0.2) is 11.5 Å². The Balaban J connectivity index is 2.22. The molecular weight excluding hydrogens is 340 g/mol. The van der Waals surface area contributed by atoms with Gasteiger partial charge in [0.1, 0.15) is 4.90 Å². The van der Waals surface area contributed by atoms with E-state index in [9.17, 15) is 13.2 Å². The fourth-order valence-corrected chi connectivity index (χ4v) is 4.18. The second kappa shape index (κ2) is 7.09. The first-order valence-corrected chi connectivity index (χ1v) is 9.31. The van der Waals surface area contributed by atoms with E-state index in [0.717, 1.165) is 30.1 Å². The van der Waals surface area contributed by atoms with Crippen molar-refractivity contribution < 1.29 is 17.9 Å². The zero-order chi connectivity index (χ0) is 17.0. The molecule has 0 aliphatic rings. The van der Waals surface area contributed by atoms with Gasteiger partial charge in [-0.3, -0.25) is 9.82 Å². The van der Waals surface area contributed by atoms with E-state index in [4.69, 9.17) is 0 Å². The van der Waals surface area contributed by atoms with Gasteiger partial charge in [-0.05, 0) is 23.9 Å². The molecule has 2 rings (SSSR count). The number of H-pyrrole nitrogens is 1. The number of rotatable bonds is 7. The van der Waals surface area contributed by atoms with E-state index in [2.05, 4.69) is 31.0 Å². The molecule has 0 aliphatic carbocycles. The number of sulfonamides is 1. The van der Waals surface area contributed by atoms with Crippen LogP contribution >= 0.6 is 11.5 Å². The average molecular weight is 358 g/mol. The van der Waals surface area contributed by atoms with Gasteiger partial charge in [0.25, 0.3) is 10.0 Å². The molecular formula is C13H18N4O4S2. The summed E-state index contributed by atoms with van der Waals surface area (Å²) in [5.41, 5.74) is 0.612. The van der Waals surface area contributed by atoms with Crippen LogP contribution in [0.4, 0.5) is 5.82 Å². The van der Waals surface area contributed by atoms with Gasteiger partial charge in [0, 0.05) is 17.1 Å². The van der Waals surface area contributed by atoms with Crippen LogP contribution in [-0.2, 0) is 14.8 Å². The third kappa shape index (κ3) is 3.88. The van der Waals surface area contributed by atoms with Crippen LogP contribution in [0.2, 0.25) is 0 Å². The van der Waals surface area contributed by atoms with Crippen molar-refractivity contribution >= 4 is 33.3 Å². The molecule has 2 aromatic heterocycles. The highest BCUT2D eigenvalue weighted by Crippen LogP contribution is 2.24. The molecule has 1 atom stereocenters. The summed E-state index contributed by atoms with van der Waals surface area (Å²) in [6.07, 6.45) is 1.99. The summed E-state index contributed by atoms with van der Waals surface area (Å²) in [5.74, 6) is -0.380. The first kappa shape index (κ1) is 17.4. The lowest BCUT2D eigenvalue weighted by molar-refractivity contribution is 0.0591. The molecule has 0 fully saturated rings. The van der Waals surface area contributed by atoms with Crippen LogP contribution in [0.15, 0.2) is 16.3 Å². The predicted octanol–water partition coefficient (Wildman–Crippen LogP) is 2.36. The minimum atomic E-state index is -3.97. The van der Waals surface area contributed by atoms with Crippen molar-refractivity contribution in [3.63, 3.8) is 0 Å². The highest BCUT2D eigenvalue weighted by atomic mass is 32.2. The van der Waals surface area contributed by atoms with E-state index in [1.54, 1.807) is 6.07 Å². The van der Waals surface area contributed by atoms with Crippen molar-refractivity contribution in [2.24, 2.45) is 0 Å². The number of ether oxygens (including phenoxy) is 1. The number of anilines is 1. The number of methoxy groups -OCH3 is 1. The first-order valence-electron chi connectivity index (χ1n) is 6.99. The summed E-state index contributed by atoms with van der Waals surface area (Å²) < 4.78 is 35.5. The van der Waals surface area contributed by atoms with Crippen molar-refractivity contribution in [2.75, 3.05) is 11.8 Å². The van der Waals surface area contributed by atoms with Gasteiger partial charge in [0.05, 0.1) is 7.11 Å². The van der Waals surface area contributed by atoms with Crippen LogP contribution in [0.3, 0.4) is 0 Å². The molecule has 0 spiro atoms. The van der Waals surface area contributed by atoms with Crippen LogP contribution in [0, 0.1) is 0 Å². The third-order valence-electron chi connectivity index (χ3n) is 3.29. The van der Waals surface area contributed by atoms with Gasteiger partial charge >= 0.3 is 5.97 Å². The maximum Gasteiger partial charge on any atom is 0.359 e. The Morgan fingerprint density at radius 1 is 1.52 bits per heavy atom. The highest BCUT2D eigenvalue weighted by Gasteiger charge is 2.27. The standard InChI is InChI=1S/C13H18N4O4S2/c1-4-5-8(2)9-6-11(15-14-9)17-23(19,20)10-7-22-16-12(10)13(18)21-3/h6-8H,4-5H2,1-3H3,(H2,14,15,17). The van der Waals surface area contributed by atoms with Crippen molar-refractivity contribution in [2.45, 2.75) is 37.5 Å². The number of aromatic nitrogens is 3. The van der Waals surface area contributed by atoms with E-state index < -0.39 is 16.0 Å². The molecule has 0 saturated carbocycles. The van der Waals surface area contributed by atoms with E-state index >= 15 is 0 Å².